The normalized spacial score (nSPS) is 10.8. The number of ether oxygens (including phenoxy) is 1. The lowest BCUT2D eigenvalue weighted by Gasteiger charge is -2.04. The predicted molar refractivity (Wildman–Crippen MR) is 103 cm³/mol. The molecule has 0 bridgehead atoms. The van der Waals surface area contributed by atoms with Crippen LogP contribution in [0, 0.1) is 0 Å². The average molecular weight is 346 g/mol. The predicted octanol–water partition coefficient (Wildman–Crippen LogP) is 3.60. The fourth-order valence-corrected chi connectivity index (χ4v) is 2.55. The van der Waals surface area contributed by atoms with E-state index < -0.39 is 5.91 Å². The number of anilines is 1. The molecule has 26 heavy (non-hydrogen) atoms. The third-order valence-corrected chi connectivity index (χ3v) is 3.94. The van der Waals surface area contributed by atoms with Gasteiger partial charge >= 0.3 is 0 Å². The molecule has 5 nitrogen and oxygen atoms in total. The third kappa shape index (κ3) is 4.08. The number of nitrogens with two attached hydrogens (primary N) is 1. The van der Waals surface area contributed by atoms with Gasteiger partial charge in [0.1, 0.15) is 5.75 Å². The van der Waals surface area contributed by atoms with Crippen LogP contribution in [0.15, 0.2) is 66.7 Å². The van der Waals surface area contributed by atoms with E-state index in [1.54, 1.807) is 37.5 Å². The molecule has 0 aliphatic heterocycles. The maximum Gasteiger partial charge on any atom is 0.248 e. The third-order valence-electron chi connectivity index (χ3n) is 3.94. The van der Waals surface area contributed by atoms with Gasteiger partial charge in [-0.3, -0.25) is 9.59 Å². The summed E-state index contributed by atoms with van der Waals surface area (Å²) < 4.78 is 5.22. The fraction of sp³-hybridized carbons (Fsp3) is 0.0476. The smallest absolute Gasteiger partial charge is 0.248 e. The van der Waals surface area contributed by atoms with Crippen LogP contribution >= 0.6 is 0 Å². The van der Waals surface area contributed by atoms with E-state index in [0.717, 1.165) is 22.1 Å². The first-order chi connectivity index (χ1) is 12.5. The summed E-state index contributed by atoms with van der Waals surface area (Å²) in [6, 6.07) is 18.2. The Labute approximate surface area is 151 Å². The van der Waals surface area contributed by atoms with Crippen molar-refractivity contribution in [2.45, 2.75) is 0 Å². The van der Waals surface area contributed by atoms with Crippen molar-refractivity contribution in [2.24, 2.45) is 5.73 Å². The van der Waals surface area contributed by atoms with Gasteiger partial charge in [-0.2, -0.15) is 0 Å². The number of methoxy groups -OCH3 is 1. The van der Waals surface area contributed by atoms with Gasteiger partial charge in [-0.25, -0.2) is 0 Å². The van der Waals surface area contributed by atoms with Crippen LogP contribution in [0.3, 0.4) is 0 Å². The standard InChI is InChI=1S/C21H18N2O3/c1-26-19-10-7-16-12-14(2-4-17(16)13-19)3-11-20(24)23-18-8-5-15(6-9-18)21(22)25/h2-13H,1H3,(H2,22,25)(H,23,24). The zero-order valence-corrected chi connectivity index (χ0v) is 14.2. The number of amides is 2. The Bertz CT molecular complexity index is 992. The van der Waals surface area contributed by atoms with Crippen LogP contribution in [0.5, 0.6) is 5.75 Å². The number of hydrogen-bond acceptors (Lipinski definition) is 3. The number of benzene rings is 3. The van der Waals surface area contributed by atoms with Crippen molar-refractivity contribution < 1.29 is 14.3 Å². The lowest BCUT2D eigenvalue weighted by atomic mass is 10.1. The highest BCUT2D eigenvalue weighted by Crippen LogP contribution is 2.22. The first-order valence-corrected chi connectivity index (χ1v) is 8.02. The number of primary amides is 1. The van der Waals surface area contributed by atoms with Crippen molar-refractivity contribution in [3.05, 3.63) is 77.9 Å². The average Bonchev–Trinajstić information content (AvgIpc) is 2.66. The van der Waals surface area contributed by atoms with Crippen molar-refractivity contribution in [2.75, 3.05) is 12.4 Å². The highest BCUT2D eigenvalue weighted by Gasteiger charge is 2.02. The molecular formula is C21H18N2O3. The summed E-state index contributed by atoms with van der Waals surface area (Å²) in [5.74, 6) is 0.0471. The SMILES string of the molecule is COc1ccc2cc(C=CC(=O)Nc3ccc(C(N)=O)cc3)ccc2c1. The van der Waals surface area contributed by atoms with Gasteiger partial charge in [-0.05, 0) is 64.9 Å². The van der Waals surface area contributed by atoms with E-state index in [2.05, 4.69) is 5.32 Å². The molecule has 3 aromatic carbocycles. The molecule has 5 heteroatoms. The number of carbonyl (C=O) groups is 2. The fourth-order valence-electron chi connectivity index (χ4n) is 2.55. The minimum absolute atomic E-state index is 0.258. The summed E-state index contributed by atoms with van der Waals surface area (Å²) >= 11 is 0. The Hall–Kier alpha value is -3.60. The van der Waals surface area contributed by atoms with Crippen molar-refractivity contribution in [3.8, 4) is 5.75 Å². The Kier molecular flexibility index (Phi) is 4.99. The number of hydrogen-bond donors (Lipinski definition) is 2. The highest BCUT2D eigenvalue weighted by atomic mass is 16.5. The van der Waals surface area contributed by atoms with Crippen LogP contribution in [0.2, 0.25) is 0 Å². The van der Waals surface area contributed by atoms with Gasteiger partial charge in [-0.1, -0.05) is 18.2 Å². The van der Waals surface area contributed by atoms with Gasteiger partial charge in [0.05, 0.1) is 7.11 Å². The summed E-state index contributed by atoms with van der Waals surface area (Å²) in [5.41, 5.74) is 7.09. The van der Waals surface area contributed by atoms with Crippen LogP contribution in [0.4, 0.5) is 5.69 Å². The number of carbonyl (C=O) groups excluding carboxylic acids is 2. The van der Waals surface area contributed by atoms with Gasteiger partial charge in [0.25, 0.3) is 0 Å². The maximum absolute atomic E-state index is 12.0. The van der Waals surface area contributed by atoms with E-state index in [9.17, 15) is 9.59 Å². The molecule has 0 aliphatic carbocycles. The summed E-state index contributed by atoms with van der Waals surface area (Å²) in [7, 11) is 1.64. The molecule has 0 aliphatic rings. The minimum Gasteiger partial charge on any atom is -0.497 e. The second-order valence-corrected chi connectivity index (χ2v) is 5.74. The molecule has 0 heterocycles. The van der Waals surface area contributed by atoms with E-state index in [1.165, 1.54) is 6.08 Å². The number of fused-ring (bicyclic) bond motifs is 1. The Morgan fingerprint density at radius 2 is 1.65 bits per heavy atom. The lowest BCUT2D eigenvalue weighted by Crippen LogP contribution is -2.11. The molecular weight excluding hydrogens is 328 g/mol. The Morgan fingerprint density at radius 1 is 0.962 bits per heavy atom. The van der Waals surface area contributed by atoms with Crippen LogP contribution in [-0.2, 0) is 4.79 Å². The summed E-state index contributed by atoms with van der Waals surface area (Å²) in [5, 5.41) is 4.87. The zero-order valence-electron chi connectivity index (χ0n) is 14.2. The molecule has 0 fully saturated rings. The molecule has 3 rings (SSSR count). The lowest BCUT2D eigenvalue weighted by molar-refractivity contribution is -0.111. The van der Waals surface area contributed by atoms with Gasteiger partial charge in [0.2, 0.25) is 11.8 Å². The molecule has 3 aromatic rings. The molecule has 0 saturated carbocycles. The Balaban J connectivity index is 1.69. The van der Waals surface area contributed by atoms with Crippen LogP contribution in [0.25, 0.3) is 16.8 Å². The second kappa shape index (κ2) is 7.53. The zero-order chi connectivity index (χ0) is 18.5. The van der Waals surface area contributed by atoms with Crippen molar-refractivity contribution in [1.29, 1.82) is 0 Å². The molecule has 0 saturated heterocycles. The molecule has 2 amide bonds. The van der Waals surface area contributed by atoms with E-state index >= 15 is 0 Å². The van der Waals surface area contributed by atoms with Crippen LogP contribution < -0.4 is 15.8 Å². The van der Waals surface area contributed by atoms with Gasteiger partial charge in [0, 0.05) is 17.3 Å². The number of rotatable bonds is 5. The molecule has 0 atom stereocenters. The molecule has 130 valence electrons. The van der Waals surface area contributed by atoms with E-state index in [4.69, 9.17) is 10.5 Å². The van der Waals surface area contributed by atoms with Crippen LogP contribution in [-0.4, -0.2) is 18.9 Å². The molecule has 0 spiro atoms. The summed E-state index contributed by atoms with van der Waals surface area (Å²) in [6.07, 6.45) is 3.21. The first kappa shape index (κ1) is 17.2. The maximum atomic E-state index is 12.0. The minimum atomic E-state index is -0.503. The molecule has 0 aromatic heterocycles. The van der Waals surface area contributed by atoms with Gasteiger partial charge < -0.3 is 15.8 Å². The number of nitrogens with one attached hydrogen (secondary N) is 1. The summed E-state index contributed by atoms with van der Waals surface area (Å²) in [6.45, 7) is 0. The van der Waals surface area contributed by atoms with Crippen molar-refractivity contribution in [3.63, 3.8) is 0 Å². The Morgan fingerprint density at radius 3 is 2.35 bits per heavy atom. The summed E-state index contributed by atoms with van der Waals surface area (Å²) in [4.78, 5) is 23.1. The van der Waals surface area contributed by atoms with Gasteiger partial charge in [-0.15, -0.1) is 0 Å². The first-order valence-electron chi connectivity index (χ1n) is 8.02. The highest BCUT2D eigenvalue weighted by molar-refractivity contribution is 6.02. The van der Waals surface area contributed by atoms with Crippen molar-refractivity contribution >= 4 is 34.4 Å². The molecule has 0 radical (unpaired) electrons. The molecule has 3 N–H and O–H groups in total. The van der Waals surface area contributed by atoms with Gasteiger partial charge in [0.15, 0.2) is 0 Å². The molecule has 0 unspecified atom stereocenters. The van der Waals surface area contributed by atoms with E-state index in [1.807, 2.05) is 36.4 Å². The van der Waals surface area contributed by atoms with E-state index in [-0.39, 0.29) is 5.91 Å². The quantitative estimate of drug-likeness (QED) is 0.693. The second-order valence-electron chi connectivity index (χ2n) is 5.74. The van der Waals surface area contributed by atoms with E-state index in [0.29, 0.717) is 11.3 Å². The largest absolute Gasteiger partial charge is 0.497 e. The van der Waals surface area contributed by atoms with Crippen molar-refractivity contribution in [1.82, 2.24) is 0 Å². The monoisotopic (exact) mass is 346 g/mol. The topological polar surface area (TPSA) is 81.4 Å². The van der Waals surface area contributed by atoms with Crippen LogP contribution in [0.1, 0.15) is 15.9 Å².